The van der Waals surface area contributed by atoms with Crippen LogP contribution in [0.5, 0.6) is 5.75 Å². The van der Waals surface area contributed by atoms with Gasteiger partial charge in [-0.1, -0.05) is 33.6 Å². The number of hydrogen-bond donors (Lipinski definition) is 1. The van der Waals surface area contributed by atoms with Gasteiger partial charge in [-0.2, -0.15) is 0 Å². The van der Waals surface area contributed by atoms with Gasteiger partial charge >= 0.3 is 11.4 Å². The maximum atomic E-state index is 14.7. The third kappa shape index (κ3) is 4.33. The highest BCUT2D eigenvalue weighted by Gasteiger charge is 2.76. The van der Waals surface area contributed by atoms with Crippen LogP contribution in [0.3, 0.4) is 0 Å². The number of anilines is 2. The van der Waals surface area contributed by atoms with E-state index in [1.807, 2.05) is 0 Å². The number of alkyl halides is 3. The number of phenolic OH excluding ortho intramolecular Hbond substituents is 1. The molecular weight excluding hydrogens is 732 g/mol. The van der Waals surface area contributed by atoms with E-state index in [1.54, 1.807) is 6.08 Å². The number of amides is 4. The Morgan fingerprint density at radius 1 is 1.02 bits per heavy atom. The summed E-state index contributed by atoms with van der Waals surface area (Å²) in [5.74, 6) is -9.72. The fourth-order valence-electron chi connectivity index (χ4n) is 7.54. The molecular formula is C29H23BrCl2FN5O9. The molecule has 0 bridgehead atoms. The Bertz CT molecular complexity index is 1840. The minimum absolute atomic E-state index is 0.0754. The molecule has 2 aromatic rings. The fraction of sp³-hybridized carbons (Fsp3) is 0.379. The van der Waals surface area contributed by atoms with E-state index in [1.165, 1.54) is 25.1 Å². The van der Waals surface area contributed by atoms with Gasteiger partial charge in [0.05, 0.1) is 32.8 Å². The molecule has 1 saturated carbocycles. The summed E-state index contributed by atoms with van der Waals surface area (Å²) in [6, 6.07) is 5.12. The van der Waals surface area contributed by atoms with Gasteiger partial charge in [-0.3, -0.25) is 44.3 Å². The molecule has 4 aliphatic rings. The largest absolute Gasteiger partial charge is 0.505 e. The second kappa shape index (κ2) is 11.0. The van der Waals surface area contributed by atoms with Crippen molar-refractivity contribution >= 4 is 85.5 Å². The van der Waals surface area contributed by atoms with E-state index >= 15 is 0 Å². The number of phenols is 1. The van der Waals surface area contributed by atoms with Crippen LogP contribution in [-0.2, 0) is 19.2 Å². The summed E-state index contributed by atoms with van der Waals surface area (Å²) in [6.07, 6.45) is 1.12. The summed E-state index contributed by atoms with van der Waals surface area (Å²) in [6.45, 7) is 0. The Labute approximate surface area is 283 Å². The number of imide groups is 2. The van der Waals surface area contributed by atoms with Crippen LogP contribution in [0.25, 0.3) is 0 Å². The van der Waals surface area contributed by atoms with Gasteiger partial charge in [0.2, 0.25) is 11.8 Å². The zero-order valence-corrected chi connectivity index (χ0v) is 27.5. The topological polar surface area (TPSA) is 185 Å². The van der Waals surface area contributed by atoms with Gasteiger partial charge in [0.15, 0.2) is 27.0 Å². The van der Waals surface area contributed by atoms with Crippen LogP contribution >= 0.6 is 39.1 Å². The zero-order valence-electron chi connectivity index (χ0n) is 24.4. The van der Waals surface area contributed by atoms with Crippen LogP contribution in [0.2, 0.25) is 0 Å². The number of nitro groups is 2. The number of benzene rings is 2. The normalized spacial score (nSPS) is 29.8. The third-order valence-electron chi connectivity index (χ3n) is 9.47. The molecule has 0 unspecified atom stereocenters. The van der Waals surface area contributed by atoms with Crippen LogP contribution < -0.4 is 9.80 Å². The van der Waals surface area contributed by atoms with Crippen molar-refractivity contribution in [2.45, 2.75) is 28.5 Å². The van der Waals surface area contributed by atoms with Crippen molar-refractivity contribution in [2.24, 2.45) is 17.8 Å². The SMILES string of the molecule is CN(C)c1c([N+](=O)[O-])cc(N2C(=O)[C@H]3[C@H](CC=C4[C@H]3C[C@@]3(Cl)C(=O)N(CBr)C(=O)[C@@]3(Cl)[C@H]4c3ccc(O)c(F)c3)C2=O)cc1[N+](=O)[O-]. The van der Waals surface area contributed by atoms with Gasteiger partial charge in [0.1, 0.15) is 0 Å². The number of fused-ring (bicyclic) bond motifs is 4. The quantitative estimate of drug-likeness (QED) is 0.111. The van der Waals surface area contributed by atoms with Crippen LogP contribution in [-0.4, -0.2) is 72.8 Å². The molecule has 18 heteroatoms. The average Bonchev–Trinajstić information content (AvgIpc) is 3.35. The van der Waals surface area contributed by atoms with Crippen LogP contribution in [0.1, 0.15) is 24.3 Å². The molecule has 4 amide bonds. The van der Waals surface area contributed by atoms with Crippen molar-refractivity contribution < 1.29 is 38.5 Å². The fourth-order valence-corrected chi connectivity index (χ4v) is 8.97. The first-order chi connectivity index (χ1) is 22.0. The van der Waals surface area contributed by atoms with E-state index < -0.39 is 95.5 Å². The molecule has 6 atom stereocenters. The minimum atomic E-state index is -2.20. The van der Waals surface area contributed by atoms with Gasteiger partial charge in [-0.25, -0.2) is 9.29 Å². The van der Waals surface area contributed by atoms with E-state index in [2.05, 4.69) is 15.9 Å². The standard InChI is InChI=1S/C29H23BrCl2FN5O9/c1-34(2)23-18(37(44)45)8-13(9-19(23)38(46)47)36-24(40)15-5-4-14-16(21(15)25(36)41)10-28(31)26(42)35(11-30)27(43)29(28,32)22(14)12-3-6-20(39)17(33)7-12/h3-4,6-9,15-16,21-22,39H,5,10-11H2,1-2H3/t15-,16+,21-,22-,28+,29-/m0/s1. The molecule has 6 rings (SSSR count). The van der Waals surface area contributed by atoms with Crippen molar-refractivity contribution in [2.75, 3.05) is 29.3 Å². The number of hydrogen-bond acceptors (Lipinski definition) is 10. The lowest BCUT2D eigenvalue weighted by Crippen LogP contribution is -2.60. The number of likely N-dealkylation sites (tertiary alicyclic amines) is 1. The molecule has 2 saturated heterocycles. The molecule has 47 heavy (non-hydrogen) atoms. The van der Waals surface area contributed by atoms with Gasteiger partial charge < -0.3 is 10.0 Å². The number of nitro benzene ring substituents is 2. The zero-order chi connectivity index (χ0) is 34.5. The molecule has 0 spiro atoms. The summed E-state index contributed by atoms with van der Waals surface area (Å²) in [4.78, 5) is 76.2. The van der Waals surface area contributed by atoms with Gasteiger partial charge in [0.25, 0.3) is 11.8 Å². The molecule has 0 radical (unpaired) electrons. The number of carbonyl (C=O) groups is 4. The lowest BCUT2D eigenvalue weighted by atomic mass is 9.56. The highest BCUT2D eigenvalue weighted by Crippen LogP contribution is 2.65. The van der Waals surface area contributed by atoms with Crippen molar-refractivity contribution in [3.05, 3.63) is 73.6 Å². The molecule has 14 nitrogen and oxygen atoms in total. The summed E-state index contributed by atoms with van der Waals surface area (Å²) >= 11 is 17.3. The number of rotatable bonds is 6. The van der Waals surface area contributed by atoms with E-state index in [-0.39, 0.29) is 29.5 Å². The van der Waals surface area contributed by atoms with Gasteiger partial charge in [-0.05, 0) is 36.5 Å². The summed E-state index contributed by atoms with van der Waals surface area (Å²) in [7, 11) is 2.74. The van der Waals surface area contributed by atoms with E-state index in [4.69, 9.17) is 23.2 Å². The molecule has 2 aliphatic heterocycles. The van der Waals surface area contributed by atoms with Gasteiger partial charge in [-0.15, -0.1) is 23.2 Å². The first-order valence-electron chi connectivity index (χ1n) is 14.0. The van der Waals surface area contributed by atoms with E-state index in [0.717, 1.165) is 29.2 Å². The number of halogens is 4. The summed E-state index contributed by atoms with van der Waals surface area (Å²) in [5.41, 5.74) is -2.02. The van der Waals surface area contributed by atoms with Crippen LogP contribution in [0.15, 0.2) is 42.0 Å². The maximum Gasteiger partial charge on any atom is 0.301 e. The van der Waals surface area contributed by atoms with E-state index in [0.29, 0.717) is 10.5 Å². The molecule has 0 aromatic heterocycles. The highest BCUT2D eigenvalue weighted by atomic mass is 79.9. The Hall–Kier alpha value is -4.15. The first kappa shape index (κ1) is 32.8. The lowest BCUT2D eigenvalue weighted by Gasteiger charge is -2.50. The number of nitrogens with zero attached hydrogens (tertiary/aromatic N) is 5. The van der Waals surface area contributed by atoms with Crippen molar-refractivity contribution in [1.29, 1.82) is 0 Å². The molecule has 2 heterocycles. The molecule has 1 N–H and O–H groups in total. The summed E-state index contributed by atoms with van der Waals surface area (Å²) < 4.78 is 14.7. The first-order valence-corrected chi connectivity index (χ1v) is 15.9. The smallest absolute Gasteiger partial charge is 0.301 e. The van der Waals surface area contributed by atoms with Crippen molar-refractivity contribution in [3.63, 3.8) is 0 Å². The van der Waals surface area contributed by atoms with Crippen molar-refractivity contribution in [1.82, 2.24) is 4.90 Å². The predicted octanol–water partition coefficient (Wildman–Crippen LogP) is 4.33. The lowest BCUT2D eigenvalue weighted by molar-refractivity contribution is -0.392. The number of aromatic hydroxyl groups is 1. The second-order valence-electron chi connectivity index (χ2n) is 12.0. The maximum absolute atomic E-state index is 14.7. The second-order valence-corrected chi connectivity index (χ2v) is 13.7. The Kier molecular flexibility index (Phi) is 7.64. The monoisotopic (exact) mass is 753 g/mol. The predicted molar refractivity (Wildman–Crippen MR) is 168 cm³/mol. The molecule has 2 aliphatic carbocycles. The Morgan fingerprint density at radius 2 is 1.64 bits per heavy atom. The molecule has 2 aromatic carbocycles. The van der Waals surface area contributed by atoms with Crippen LogP contribution in [0.4, 0.5) is 27.1 Å². The molecule has 3 fully saturated rings. The van der Waals surface area contributed by atoms with Crippen LogP contribution in [0, 0.1) is 43.8 Å². The minimum Gasteiger partial charge on any atom is -0.505 e. The Balaban J connectivity index is 1.51. The number of carbonyl (C=O) groups excluding carboxylic acids is 4. The average molecular weight is 755 g/mol. The Morgan fingerprint density at radius 3 is 2.17 bits per heavy atom. The van der Waals surface area contributed by atoms with Gasteiger partial charge in [0, 0.05) is 32.1 Å². The highest BCUT2D eigenvalue weighted by molar-refractivity contribution is 9.09. The van der Waals surface area contributed by atoms with Crippen molar-refractivity contribution in [3.8, 4) is 5.75 Å². The van der Waals surface area contributed by atoms with E-state index in [9.17, 15) is 48.9 Å². The third-order valence-corrected chi connectivity index (χ3v) is 11.4. The summed E-state index contributed by atoms with van der Waals surface area (Å²) in [5, 5.41) is 33.9. The molecule has 246 valence electrons. The number of allylic oxidation sites excluding steroid dienone is 2.